The van der Waals surface area contributed by atoms with Gasteiger partial charge in [0.1, 0.15) is 11.5 Å². The number of alkyl halides is 2. The molecule has 0 radical (unpaired) electrons. The van der Waals surface area contributed by atoms with Gasteiger partial charge < -0.3 is 23.4 Å². The number of aldehydes is 1. The van der Waals surface area contributed by atoms with E-state index < -0.39 is 6.61 Å². The summed E-state index contributed by atoms with van der Waals surface area (Å²) in [6.07, 6.45) is 2.07. The van der Waals surface area contributed by atoms with E-state index in [1.165, 1.54) is 39.7 Å². The molecule has 8 heteroatoms. The lowest BCUT2D eigenvalue weighted by Crippen LogP contribution is -2.05. The summed E-state index contributed by atoms with van der Waals surface area (Å²) in [6, 6.07) is 9.40. The highest BCUT2D eigenvalue weighted by Crippen LogP contribution is 2.49. The number of benzene rings is 2. The molecule has 1 aromatic heterocycles. The number of ether oxygens (including phenoxy) is 4. The zero-order chi connectivity index (χ0) is 21.0. The Hall–Kier alpha value is -3.55. The van der Waals surface area contributed by atoms with Gasteiger partial charge in [-0.2, -0.15) is 8.78 Å². The number of carbonyl (C=O) groups excluding carboxylic acids is 1. The van der Waals surface area contributed by atoms with Gasteiger partial charge in [-0.3, -0.25) is 4.79 Å². The summed E-state index contributed by atoms with van der Waals surface area (Å²) < 4.78 is 52.2. The van der Waals surface area contributed by atoms with Gasteiger partial charge in [-0.05, 0) is 36.4 Å². The SMILES string of the molecule is COc1cc(C=O)c(-c2cc(-c3ccco3)ccc2OC(F)F)c(OC)c1OC. The lowest BCUT2D eigenvalue weighted by atomic mass is 9.95. The highest BCUT2D eigenvalue weighted by atomic mass is 19.3. The molecule has 0 aliphatic heterocycles. The van der Waals surface area contributed by atoms with Crippen LogP contribution in [0.5, 0.6) is 23.0 Å². The zero-order valence-electron chi connectivity index (χ0n) is 15.9. The van der Waals surface area contributed by atoms with E-state index >= 15 is 0 Å². The minimum absolute atomic E-state index is 0.135. The minimum atomic E-state index is -3.06. The second-order valence-corrected chi connectivity index (χ2v) is 5.79. The summed E-state index contributed by atoms with van der Waals surface area (Å²) >= 11 is 0. The summed E-state index contributed by atoms with van der Waals surface area (Å²) in [4.78, 5) is 11.8. The highest BCUT2D eigenvalue weighted by Gasteiger charge is 2.25. The third-order valence-electron chi connectivity index (χ3n) is 4.26. The van der Waals surface area contributed by atoms with Crippen molar-refractivity contribution in [2.75, 3.05) is 21.3 Å². The number of methoxy groups -OCH3 is 3. The number of carbonyl (C=O) groups is 1. The van der Waals surface area contributed by atoms with E-state index in [9.17, 15) is 13.6 Å². The third-order valence-corrected chi connectivity index (χ3v) is 4.26. The second kappa shape index (κ2) is 8.64. The van der Waals surface area contributed by atoms with Gasteiger partial charge in [0.2, 0.25) is 5.75 Å². The van der Waals surface area contributed by atoms with Gasteiger partial charge >= 0.3 is 6.61 Å². The number of hydrogen-bond donors (Lipinski definition) is 0. The highest BCUT2D eigenvalue weighted by molar-refractivity contribution is 5.96. The molecule has 3 rings (SSSR count). The normalized spacial score (nSPS) is 10.7. The van der Waals surface area contributed by atoms with Crippen LogP contribution in [0.4, 0.5) is 8.78 Å². The van der Waals surface area contributed by atoms with Gasteiger partial charge in [0.15, 0.2) is 17.8 Å². The van der Waals surface area contributed by atoms with E-state index in [1.807, 2.05) is 0 Å². The summed E-state index contributed by atoms with van der Waals surface area (Å²) in [6.45, 7) is -3.06. The van der Waals surface area contributed by atoms with Gasteiger partial charge in [0, 0.05) is 22.3 Å². The van der Waals surface area contributed by atoms with Gasteiger partial charge in [0.05, 0.1) is 27.6 Å². The largest absolute Gasteiger partial charge is 0.493 e. The van der Waals surface area contributed by atoms with E-state index in [4.69, 9.17) is 23.4 Å². The Balaban J connectivity index is 2.35. The fourth-order valence-corrected chi connectivity index (χ4v) is 3.07. The molecule has 0 aliphatic carbocycles. The van der Waals surface area contributed by atoms with Crippen molar-refractivity contribution in [3.8, 4) is 45.4 Å². The van der Waals surface area contributed by atoms with Crippen LogP contribution in [0.3, 0.4) is 0 Å². The van der Waals surface area contributed by atoms with Crippen LogP contribution < -0.4 is 18.9 Å². The fourth-order valence-electron chi connectivity index (χ4n) is 3.07. The van der Waals surface area contributed by atoms with Crippen LogP contribution in [0.15, 0.2) is 47.1 Å². The molecule has 0 amide bonds. The summed E-state index contributed by atoms with van der Waals surface area (Å²) in [5.74, 6) is 0.992. The van der Waals surface area contributed by atoms with Crippen molar-refractivity contribution >= 4 is 6.29 Å². The Labute approximate surface area is 165 Å². The van der Waals surface area contributed by atoms with Crippen LogP contribution >= 0.6 is 0 Å². The first-order valence-electron chi connectivity index (χ1n) is 8.45. The van der Waals surface area contributed by atoms with Crippen LogP contribution in [0.2, 0.25) is 0 Å². The molecular weight excluding hydrogens is 386 g/mol. The lowest BCUT2D eigenvalue weighted by molar-refractivity contribution is -0.0494. The average molecular weight is 404 g/mol. The molecule has 0 spiro atoms. The molecule has 2 aromatic carbocycles. The van der Waals surface area contributed by atoms with Gasteiger partial charge in [-0.15, -0.1) is 0 Å². The maximum absolute atomic E-state index is 13.0. The number of furan rings is 1. The molecule has 0 N–H and O–H groups in total. The Morgan fingerprint density at radius 1 is 0.966 bits per heavy atom. The molecule has 152 valence electrons. The van der Waals surface area contributed by atoms with Gasteiger partial charge in [-0.25, -0.2) is 0 Å². The van der Waals surface area contributed by atoms with E-state index in [-0.39, 0.29) is 39.7 Å². The molecule has 0 saturated heterocycles. The first-order chi connectivity index (χ1) is 14.0. The first kappa shape index (κ1) is 20.2. The van der Waals surface area contributed by atoms with Crippen molar-refractivity contribution in [2.45, 2.75) is 6.61 Å². The van der Waals surface area contributed by atoms with Crippen LogP contribution in [0.1, 0.15) is 10.4 Å². The number of rotatable bonds is 8. The van der Waals surface area contributed by atoms with Crippen molar-refractivity contribution in [2.24, 2.45) is 0 Å². The summed E-state index contributed by atoms with van der Waals surface area (Å²) in [7, 11) is 4.19. The number of hydrogen-bond acceptors (Lipinski definition) is 6. The quantitative estimate of drug-likeness (QED) is 0.489. The Kier molecular flexibility index (Phi) is 6.01. The van der Waals surface area contributed by atoms with Gasteiger partial charge in [-0.1, -0.05) is 0 Å². The molecule has 29 heavy (non-hydrogen) atoms. The smallest absolute Gasteiger partial charge is 0.387 e. The van der Waals surface area contributed by atoms with Crippen molar-refractivity contribution < 1.29 is 36.9 Å². The second-order valence-electron chi connectivity index (χ2n) is 5.79. The zero-order valence-corrected chi connectivity index (χ0v) is 15.9. The molecule has 0 fully saturated rings. The lowest BCUT2D eigenvalue weighted by Gasteiger charge is -2.20. The van der Waals surface area contributed by atoms with Crippen molar-refractivity contribution in [3.63, 3.8) is 0 Å². The maximum Gasteiger partial charge on any atom is 0.387 e. The molecule has 0 bridgehead atoms. The van der Waals surface area contributed by atoms with E-state index in [0.717, 1.165) is 0 Å². The number of halogens is 2. The van der Waals surface area contributed by atoms with Crippen molar-refractivity contribution in [3.05, 3.63) is 48.2 Å². The Bertz CT molecular complexity index is 999. The van der Waals surface area contributed by atoms with E-state index in [2.05, 4.69) is 0 Å². The molecule has 3 aromatic rings. The van der Waals surface area contributed by atoms with E-state index in [1.54, 1.807) is 24.3 Å². The monoisotopic (exact) mass is 404 g/mol. The van der Waals surface area contributed by atoms with Crippen molar-refractivity contribution in [1.82, 2.24) is 0 Å². The Morgan fingerprint density at radius 2 is 1.72 bits per heavy atom. The van der Waals surface area contributed by atoms with E-state index in [0.29, 0.717) is 17.6 Å². The molecule has 0 aliphatic rings. The van der Waals surface area contributed by atoms with Crippen molar-refractivity contribution in [1.29, 1.82) is 0 Å². The van der Waals surface area contributed by atoms with Gasteiger partial charge in [0.25, 0.3) is 0 Å². The standard InChI is InChI=1S/C21H18F2O6/c1-25-17-10-13(11-24)18(20(27-3)19(17)26-2)14-9-12(15-5-4-8-28-15)6-7-16(14)29-21(22)23/h4-11,21H,1-3H3. The molecule has 0 atom stereocenters. The maximum atomic E-state index is 13.0. The summed E-state index contributed by atoms with van der Waals surface area (Å²) in [5, 5.41) is 0. The molecular formula is C21H18F2O6. The Morgan fingerprint density at radius 3 is 2.28 bits per heavy atom. The van der Waals surface area contributed by atoms with Crippen LogP contribution in [0.25, 0.3) is 22.5 Å². The first-order valence-corrected chi connectivity index (χ1v) is 8.45. The average Bonchev–Trinajstić information content (AvgIpc) is 3.26. The predicted octanol–water partition coefficient (Wildman–Crippen LogP) is 5.05. The third kappa shape index (κ3) is 3.87. The van der Waals surface area contributed by atoms with Crippen LogP contribution in [-0.4, -0.2) is 34.2 Å². The molecule has 0 unspecified atom stereocenters. The van der Waals surface area contributed by atoms with Crippen LogP contribution in [-0.2, 0) is 0 Å². The fraction of sp³-hybridized carbons (Fsp3) is 0.190. The topological polar surface area (TPSA) is 67.1 Å². The molecule has 6 nitrogen and oxygen atoms in total. The molecule has 1 heterocycles. The molecule has 0 saturated carbocycles. The predicted molar refractivity (Wildman–Crippen MR) is 101 cm³/mol. The summed E-state index contributed by atoms with van der Waals surface area (Å²) in [5.41, 5.74) is 1.18. The minimum Gasteiger partial charge on any atom is -0.493 e. The van der Waals surface area contributed by atoms with Crippen LogP contribution in [0, 0.1) is 0 Å².